The maximum absolute atomic E-state index is 5.34. The average molecular weight is 235 g/mol. The lowest BCUT2D eigenvalue weighted by Crippen LogP contribution is -2.12. The molecule has 17 heavy (non-hydrogen) atoms. The SMILES string of the molecule is NCCOCCCNc1ccc2c(n1)CCC2. The number of nitrogens with zero attached hydrogens (tertiary/aromatic N) is 1. The number of nitrogens with two attached hydrogens (primary N) is 1. The van der Waals surface area contributed by atoms with E-state index < -0.39 is 0 Å². The first kappa shape index (κ1) is 12.3. The fraction of sp³-hybridized carbons (Fsp3) is 0.615. The molecule has 0 saturated heterocycles. The molecule has 1 aromatic rings. The van der Waals surface area contributed by atoms with Crippen molar-refractivity contribution < 1.29 is 4.74 Å². The fourth-order valence-electron chi connectivity index (χ4n) is 2.10. The van der Waals surface area contributed by atoms with Crippen molar-refractivity contribution in [3.8, 4) is 0 Å². The Bertz CT molecular complexity index is 355. The molecule has 1 aliphatic rings. The molecule has 0 radical (unpaired) electrons. The zero-order chi connectivity index (χ0) is 11.9. The first-order chi connectivity index (χ1) is 8.40. The van der Waals surface area contributed by atoms with Crippen LogP contribution in [0.2, 0.25) is 0 Å². The molecule has 1 aliphatic carbocycles. The maximum atomic E-state index is 5.34. The predicted octanol–water partition coefficient (Wildman–Crippen LogP) is 1.35. The number of fused-ring (bicyclic) bond motifs is 1. The van der Waals surface area contributed by atoms with Crippen LogP contribution in [0.3, 0.4) is 0 Å². The molecule has 0 spiro atoms. The van der Waals surface area contributed by atoms with Crippen LogP contribution in [-0.4, -0.2) is 31.3 Å². The minimum atomic E-state index is 0.597. The largest absolute Gasteiger partial charge is 0.380 e. The van der Waals surface area contributed by atoms with Gasteiger partial charge in [0.25, 0.3) is 0 Å². The summed E-state index contributed by atoms with van der Waals surface area (Å²) in [4.78, 5) is 4.62. The van der Waals surface area contributed by atoms with Gasteiger partial charge in [-0.05, 0) is 37.3 Å². The first-order valence-electron chi connectivity index (χ1n) is 6.40. The molecule has 94 valence electrons. The summed E-state index contributed by atoms with van der Waals surface area (Å²) in [7, 11) is 0. The Labute approximate surface area is 103 Å². The second-order valence-electron chi connectivity index (χ2n) is 4.34. The van der Waals surface area contributed by atoms with Crippen molar-refractivity contribution in [1.82, 2.24) is 4.98 Å². The van der Waals surface area contributed by atoms with Crippen LogP contribution in [0, 0.1) is 0 Å². The van der Waals surface area contributed by atoms with E-state index in [1.54, 1.807) is 0 Å². The molecular weight excluding hydrogens is 214 g/mol. The van der Waals surface area contributed by atoms with Crippen molar-refractivity contribution in [2.24, 2.45) is 5.73 Å². The van der Waals surface area contributed by atoms with Crippen LogP contribution in [0.25, 0.3) is 0 Å². The smallest absolute Gasteiger partial charge is 0.126 e. The van der Waals surface area contributed by atoms with Gasteiger partial charge in [-0.1, -0.05) is 6.07 Å². The Kier molecular flexibility index (Phi) is 4.76. The summed E-state index contributed by atoms with van der Waals surface area (Å²) in [6.45, 7) is 2.91. The summed E-state index contributed by atoms with van der Waals surface area (Å²) in [5, 5.41) is 3.33. The molecule has 0 atom stereocenters. The van der Waals surface area contributed by atoms with Crippen LogP contribution in [-0.2, 0) is 17.6 Å². The van der Waals surface area contributed by atoms with Gasteiger partial charge in [0.15, 0.2) is 0 Å². The maximum Gasteiger partial charge on any atom is 0.126 e. The zero-order valence-corrected chi connectivity index (χ0v) is 10.2. The molecule has 0 aliphatic heterocycles. The highest BCUT2D eigenvalue weighted by Crippen LogP contribution is 2.21. The number of nitrogens with one attached hydrogen (secondary N) is 1. The lowest BCUT2D eigenvalue weighted by Gasteiger charge is -2.07. The summed E-state index contributed by atoms with van der Waals surface area (Å²) in [6.07, 6.45) is 4.55. The van der Waals surface area contributed by atoms with Crippen LogP contribution in [0.1, 0.15) is 24.1 Å². The molecule has 0 aromatic carbocycles. The number of pyridine rings is 1. The van der Waals surface area contributed by atoms with E-state index in [4.69, 9.17) is 10.5 Å². The van der Waals surface area contributed by atoms with Crippen molar-refractivity contribution in [3.05, 3.63) is 23.4 Å². The number of hydrogen-bond acceptors (Lipinski definition) is 4. The molecule has 4 nitrogen and oxygen atoms in total. The minimum Gasteiger partial charge on any atom is -0.380 e. The minimum absolute atomic E-state index is 0.597. The molecular formula is C13H21N3O. The number of ether oxygens (including phenoxy) is 1. The third kappa shape index (κ3) is 3.68. The van der Waals surface area contributed by atoms with Gasteiger partial charge in [-0.15, -0.1) is 0 Å². The fourth-order valence-corrected chi connectivity index (χ4v) is 2.10. The summed E-state index contributed by atoms with van der Waals surface area (Å²) < 4.78 is 5.31. The van der Waals surface area contributed by atoms with Gasteiger partial charge < -0.3 is 15.8 Å². The van der Waals surface area contributed by atoms with Crippen molar-refractivity contribution in [3.63, 3.8) is 0 Å². The van der Waals surface area contributed by atoms with E-state index >= 15 is 0 Å². The van der Waals surface area contributed by atoms with E-state index in [2.05, 4.69) is 22.4 Å². The van der Waals surface area contributed by atoms with Crippen LogP contribution in [0.5, 0.6) is 0 Å². The van der Waals surface area contributed by atoms with Gasteiger partial charge in [-0.2, -0.15) is 0 Å². The average Bonchev–Trinajstić information content (AvgIpc) is 2.81. The van der Waals surface area contributed by atoms with Gasteiger partial charge in [-0.3, -0.25) is 0 Å². The highest BCUT2D eigenvalue weighted by atomic mass is 16.5. The van der Waals surface area contributed by atoms with Gasteiger partial charge in [0.05, 0.1) is 6.61 Å². The molecule has 2 rings (SSSR count). The van der Waals surface area contributed by atoms with Crippen molar-refractivity contribution in [1.29, 1.82) is 0 Å². The summed E-state index contributed by atoms with van der Waals surface area (Å²) in [6, 6.07) is 4.27. The lowest BCUT2D eigenvalue weighted by atomic mass is 10.2. The molecule has 0 fully saturated rings. The summed E-state index contributed by atoms with van der Waals surface area (Å²) >= 11 is 0. The van der Waals surface area contributed by atoms with Crippen molar-refractivity contribution in [2.45, 2.75) is 25.7 Å². The second-order valence-corrected chi connectivity index (χ2v) is 4.34. The van der Waals surface area contributed by atoms with Gasteiger partial charge in [0, 0.05) is 25.4 Å². The van der Waals surface area contributed by atoms with Gasteiger partial charge in [0.2, 0.25) is 0 Å². The second kappa shape index (κ2) is 6.57. The third-order valence-corrected chi connectivity index (χ3v) is 2.96. The van der Waals surface area contributed by atoms with Crippen LogP contribution >= 0.6 is 0 Å². The van der Waals surface area contributed by atoms with E-state index in [-0.39, 0.29) is 0 Å². The van der Waals surface area contributed by atoms with E-state index in [0.717, 1.165) is 31.8 Å². The lowest BCUT2D eigenvalue weighted by molar-refractivity contribution is 0.141. The molecule has 0 bridgehead atoms. The molecule has 0 saturated carbocycles. The summed E-state index contributed by atoms with van der Waals surface area (Å²) in [5.41, 5.74) is 8.03. The van der Waals surface area contributed by atoms with E-state index in [1.807, 2.05) is 0 Å². The standard InChI is InChI=1S/C13H21N3O/c14-7-10-17-9-2-8-15-13-6-5-11-3-1-4-12(11)16-13/h5-6H,1-4,7-10,14H2,(H,15,16). The number of anilines is 1. The predicted molar refractivity (Wildman–Crippen MR) is 69.2 cm³/mol. The normalized spacial score (nSPS) is 13.7. The molecule has 3 N–H and O–H groups in total. The Hall–Kier alpha value is -1.13. The van der Waals surface area contributed by atoms with Crippen molar-refractivity contribution >= 4 is 5.82 Å². The highest BCUT2D eigenvalue weighted by molar-refractivity contribution is 5.40. The van der Waals surface area contributed by atoms with Crippen molar-refractivity contribution in [2.75, 3.05) is 31.6 Å². The van der Waals surface area contributed by atoms with Crippen LogP contribution in [0.4, 0.5) is 5.82 Å². The van der Waals surface area contributed by atoms with Crippen LogP contribution in [0.15, 0.2) is 12.1 Å². The van der Waals surface area contributed by atoms with E-state index in [0.29, 0.717) is 13.2 Å². The number of aryl methyl sites for hydroxylation is 2. The molecule has 1 heterocycles. The van der Waals surface area contributed by atoms with Crippen LogP contribution < -0.4 is 11.1 Å². The number of aromatic nitrogens is 1. The monoisotopic (exact) mass is 235 g/mol. The number of rotatable bonds is 7. The Morgan fingerprint density at radius 2 is 2.24 bits per heavy atom. The topological polar surface area (TPSA) is 60.2 Å². The van der Waals surface area contributed by atoms with E-state index in [9.17, 15) is 0 Å². The quantitative estimate of drug-likeness (QED) is 0.700. The van der Waals surface area contributed by atoms with Gasteiger partial charge in [-0.25, -0.2) is 4.98 Å². The molecule has 4 heteroatoms. The Morgan fingerprint density at radius 3 is 3.12 bits per heavy atom. The zero-order valence-electron chi connectivity index (χ0n) is 10.2. The number of hydrogen-bond donors (Lipinski definition) is 2. The molecule has 1 aromatic heterocycles. The first-order valence-corrected chi connectivity index (χ1v) is 6.40. The third-order valence-electron chi connectivity index (χ3n) is 2.96. The Balaban J connectivity index is 1.69. The van der Waals surface area contributed by atoms with Gasteiger partial charge >= 0.3 is 0 Å². The summed E-state index contributed by atoms with van der Waals surface area (Å²) in [5.74, 6) is 0.990. The van der Waals surface area contributed by atoms with E-state index in [1.165, 1.54) is 24.1 Å². The Morgan fingerprint density at radius 1 is 1.29 bits per heavy atom. The molecule has 0 unspecified atom stereocenters. The highest BCUT2D eigenvalue weighted by Gasteiger charge is 2.11. The van der Waals surface area contributed by atoms with Gasteiger partial charge in [0.1, 0.15) is 5.82 Å². The molecule has 0 amide bonds.